The number of rotatable bonds is 5. The average molecular weight is 392 g/mol. The molecule has 152 valence electrons. The number of carbonyl (C=O) groups excluding carboxylic acids is 4. The van der Waals surface area contributed by atoms with Crippen LogP contribution in [0.1, 0.15) is 61.3 Å². The summed E-state index contributed by atoms with van der Waals surface area (Å²) in [7, 11) is 0. The quantitative estimate of drug-likeness (QED) is 0.569. The van der Waals surface area contributed by atoms with Gasteiger partial charge in [-0.15, -0.1) is 0 Å². The first-order chi connectivity index (χ1) is 13.3. The summed E-state index contributed by atoms with van der Waals surface area (Å²) in [6.07, 6.45) is 3.18. The SMILES string of the molecule is CCc1noc(C)c1C(=O)OCC(=O)NN1C(=O)NC2(CCC(C)CC2)C1=O. The molecule has 0 radical (unpaired) electrons. The van der Waals surface area contributed by atoms with Crippen LogP contribution in [0.2, 0.25) is 0 Å². The number of carbonyl (C=O) groups is 4. The van der Waals surface area contributed by atoms with Crippen LogP contribution in [0.25, 0.3) is 0 Å². The van der Waals surface area contributed by atoms with E-state index in [1.165, 1.54) is 0 Å². The number of hydrazine groups is 1. The first kappa shape index (κ1) is 19.8. The summed E-state index contributed by atoms with van der Waals surface area (Å²) < 4.78 is 9.95. The number of urea groups is 1. The van der Waals surface area contributed by atoms with E-state index in [4.69, 9.17) is 9.26 Å². The predicted molar refractivity (Wildman–Crippen MR) is 94.8 cm³/mol. The minimum absolute atomic E-state index is 0.181. The number of imide groups is 1. The van der Waals surface area contributed by atoms with Gasteiger partial charge in [-0.3, -0.25) is 15.0 Å². The largest absolute Gasteiger partial charge is 0.452 e. The molecule has 1 aliphatic heterocycles. The van der Waals surface area contributed by atoms with E-state index in [2.05, 4.69) is 22.8 Å². The molecule has 10 nitrogen and oxygen atoms in total. The van der Waals surface area contributed by atoms with Gasteiger partial charge in [-0.05, 0) is 44.9 Å². The highest BCUT2D eigenvalue weighted by Crippen LogP contribution is 2.35. The molecule has 0 atom stereocenters. The lowest BCUT2D eigenvalue weighted by Gasteiger charge is -2.33. The van der Waals surface area contributed by atoms with E-state index in [1.807, 2.05) is 0 Å². The van der Waals surface area contributed by atoms with Crippen molar-refractivity contribution in [3.8, 4) is 0 Å². The number of ether oxygens (including phenoxy) is 1. The summed E-state index contributed by atoms with van der Waals surface area (Å²) in [4.78, 5) is 49.2. The van der Waals surface area contributed by atoms with Crippen molar-refractivity contribution < 1.29 is 28.4 Å². The molecular weight excluding hydrogens is 368 g/mol. The average Bonchev–Trinajstić information content (AvgIpc) is 3.15. The van der Waals surface area contributed by atoms with Gasteiger partial charge in [0.25, 0.3) is 11.8 Å². The summed E-state index contributed by atoms with van der Waals surface area (Å²) in [5.41, 5.74) is 1.88. The molecule has 3 rings (SSSR count). The monoisotopic (exact) mass is 392 g/mol. The van der Waals surface area contributed by atoms with Crippen molar-refractivity contribution in [1.82, 2.24) is 20.9 Å². The molecule has 1 saturated heterocycles. The Morgan fingerprint density at radius 3 is 2.68 bits per heavy atom. The van der Waals surface area contributed by atoms with Crippen molar-refractivity contribution in [2.75, 3.05) is 6.61 Å². The minimum atomic E-state index is -0.955. The van der Waals surface area contributed by atoms with Crippen LogP contribution in [-0.4, -0.2) is 46.1 Å². The molecule has 2 aliphatic rings. The molecule has 0 aromatic carbocycles. The zero-order valence-electron chi connectivity index (χ0n) is 16.2. The summed E-state index contributed by atoms with van der Waals surface area (Å²) in [5.74, 6) is -1.23. The molecule has 2 fully saturated rings. The van der Waals surface area contributed by atoms with E-state index in [-0.39, 0.29) is 5.56 Å². The smallest absolute Gasteiger partial charge is 0.344 e. The Balaban J connectivity index is 1.57. The van der Waals surface area contributed by atoms with Gasteiger partial charge in [0.2, 0.25) is 0 Å². The third kappa shape index (κ3) is 3.58. The van der Waals surface area contributed by atoms with Gasteiger partial charge in [0.05, 0.1) is 5.69 Å². The molecule has 4 amide bonds. The Labute approximate surface area is 161 Å². The lowest BCUT2D eigenvalue weighted by Crippen LogP contribution is -2.52. The summed E-state index contributed by atoms with van der Waals surface area (Å²) in [5, 5.41) is 7.13. The zero-order chi connectivity index (χ0) is 20.5. The standard InChI is InChI=1S/C18H24N4O6/c1-4-12-14(11(3)28-21-12)15(24)27-9-13(23)20-22-16(25)18(19-17(22)26)7-5-10(2)6-8-18/h10H,4-9H2,1-3H3,(H,19,26)(H,20,23). The lowest BCUT2D eigenvalue weighted by atomic mass is 9.77. The van der Waals surface area contributed by atoms with Crippen LogP contribution in [0.4, 0.5) is 4.79 Å². The Morgan fingerprint density at radius 1 is 1.36 bits per heavy atom. The van der Waals surface area contributed by atoms with Crippen LogP contribution in [-0.2, 0) is 20.7 Å². The van der Waals surface area contributed by atoms with E-state index < -0.39 is 36.0 Å². The molecule has 10 heteroatoms. The van der Waals surface area contributed by atoms with E-state index in [1.54, 1.807) is 13.8 Å². The van der Waals surface area contributed by atoms with E-state index in [0.29, 0.717) is 41.6 Å². The molecule has 2 N–H and O–H groups in total. The Bertz CT molecular complexity index is 809. The van der Waals surface area contributed by atoms with Gasteiger partial charge in [0.15, 0.2) is 6.61 Å². The number of aryl methyl sites for hydroxylation is 2. The van der Waals surface area contributed by atoms with E-state index in [9.17, 15) is 19.2 Å². The second kappa shape index (κ2) is 7.61. The van der Waals surface area contributed by atoms with Gasteiger partial charge >= 0.3 is 12.0 Å². The first-order valence-electron chi connectivity index (χ1n) is 9.36. The zero-order valence-corrected chi connectivity index (χ0v) is 16.2. The summed E-state index contributed by atoms with van der Waals surface area (Å²) in [6.45, 7) is 4.83. The maximum atomic E-state index is 12.7. The second-order valence-electron chi connectivity index (χ2n) is 7.36. The Morgan fingerprint density at radius 2 is 2.04 bits per heavy atom. The van der Waals surface area contributed by atoms with Crippen molar-refractivity contribution >= 4 is 23.8 Å². The van der Waals surface area contributed by atoms with Crippen molar-refractivity contribution in [1.29, 1.82) is 0 Å². The van der Waals surface area contributed by atoms with Crippen LogP contribution in [0.5, 0.6) is 0 Å². The molecule has 2 heterocycles. The Hall–Kier alpha value is -2.91. The van der Waals surface area contributed by atoms with Crippen molar-refractivity contribution in [3.63, 3.8) is 0 Å². The van der Waals surface area contributed by atoms with Crippen LogP contribution in [0, 0.1) is 12.8 Å². The predicted octanol–water partition coefficient (Wildman–Crippen LogP) is 1.23. The van der Waals surface area contributed by atoms with Gasteiger partial charge in [-0.25, -0.2) is 9.59 Å². The van der Waals surface area contributed by atoms with Crippen LogP contribution >= 0.6 is 0 Å². The maximum Gasteiger partial charge on any atom is 0.344 e. The fraction of sp³-hybridized carbons (Fsp3) is 0.611. The number of hydrogen-bond acceptors (Lipinski definition) is 7. The third-order valence-electron chi connectivity index (χ3n) is 5.33. The highest BCUT2D eigenvalue weighted by atomic mass is 16.5. The van der Waals surface area contributed by atoms with Crippen molar-refractivity contribution in [3.05, 3.63) is 17.0 Å². The van der Waals surface area contributed by atoms with Gasteiger partial charge in [-0.2, -0.15) is 5.01 Å². The van der Waals surface area contributed by atoms with E-state index >= 15 is 0 Å². The fourth-order valence-electron chi connectivity index (χ4n) is 3.60. The highest BCUT2D eigenvalue weighted by Gasteiger charge is 2.52. The molecule has 1 aliphatic carbocycles. The van der Waals surface area contributed by atoms with Gasteiger partial charge in [0.1, 0.15) is 16.9 Å². The lowest BCUT2D eigenvalue weighted by molar-refractivity contribution is -0.141. The molecule has 0 unspecified atom stereocenters. The summed E-state index contributed by atoms with van der Waals surface area (Å²) >= 11 is 0. The molecule has 1 aromatic heterocycles. The number of aromatic nitrogens is 1. The topological polar surface area (TPSA) is 131 Å². The number of nitrogens with one attached hydrogen (secondary N) is 2. The van der Waals surface area contributed by atoms with Gasteiger partial charge in [-0.1, -0.05) is 19.0 Å². The van der Waals surface area contributed by atoms with Gasteiger partial charge < -0.3 is 14.6 Å². The number of amides is 4. The number of nitrogens with zero attached hydrogens (tertiary/aromatic N) is 2. The van der Waals surface area contributed by atoms with Crippen LogP contribution < -0.4 is 10.7 Å². The Kier molecular flexibility index (Phi) is 5.39. The summed E-state index contributed by atoms with van der Waals surface area (Å²) in [6, 6.07) is -0.678. The fourth-order valence-corrected chi connectivity index (χ4v) is 3.60. The van der Waals surface area contributed by atoms with E-state index in [0.717, 1.165) is 12.8 Å². The van der Waals surface area contributed by atoms with Crippen LogP contribution in [0.15, 0.2) is 4.52 Å². The van der Waals surface area contributed by atoms with Crippen molar-refractivity contribution in [2.45, 2.75) is 58.4 Å². The highest BCUT2D eigenvalue weighted by molar-refractivity contribution is 6.08. The maximum absolute atomic E-state index is 12.7. The van der Waals surface area contributed by atoms with Crippen molar-refractivity contribution in [2.24, 2.45) is 5.92 Å². The molecule has 1 saturated carbocycles. The molecule has 1 spiro atoms. The number of esters is 1. The molecule has 28 heavy (non-hydrogen) atoms. The van der Waals surface area contributed by atoms with Gasteiger partial charge in [0, 0.05) is 0 Å². The molecular formula is C18H24N4O6. The molecule has 0 bridgehead atoms. The molecule has 1 aromatic rings. The number of hydrogen-bond donors (Lipinski definition) is 2. The minimum Gasteiger partial charge on any atom is -0.452 e. The second-order valence-corrected chi connectivity index (χ2v) is 7.36. The first-order valence-corrected chi connectivity index (χ1v) is 9.36. The third-order valence-corrected chi connectivity index (χ3v) is 5.33. The normalized spacial score (nSPS) is 24.4. The van der Waals surface area contributed by atoms with Crippen LogP contribution in [0.3, 0.4) is 0 Å².